The predicted octanol–water partition coefficient (Wildman–Crippen LogP) is 3.54. The molecule has 0 aliphatic heterocycles. The molecule has 0 saturated heterocycles. The van der Waals surface area contributed by atoms with Crippen LogP contribution in [0.5, 0.6) is 0 Å². The van der Waals surface area contributed by atoms with Gasteiger partial charge < -0.3 is 10.6 Å². The van der Waals surface area contributed by atoms with Gasteiger partial charge in [-0.3, -0.25) is 9.59 Å². The molecule has 1 rings (SSSR count). The van der Waals surface area contributed by atoms with E-state index in [9.17, 15) is 9.59 Å². The van der Waals surface area contributed by atoms with Crippen molar-refractivity contribution < 1.29 is 9.59 Å². The second-order valence-corrected chi connectivity index (χ2v) is 8.14. The van der Waals surface area contributed by atoms with Gasteiger partial charge in [0.15, 0.2) is 0 Å². The minimum Gasteiger partial charge on any atom is -0.350 e. The molecule has 0 radical (unpaired) electrons. The lowest BCUT2D eigenvalue weighted by molar-refractivity contribution is -0.128. The van der Waals surface area contributed by atoms with Gasteiger partial charge in [-0.15, -0.1) is 11.8 Å². The van der Waals surface area contributed by atoms with Gasteiger partial charge in [0, 0.05) is 23.1 Å². The molecule has 0 spiro atoms. The number of hydrogen-bond acceptors (Lipinski definition) is 3. The molecule has 134 valence electrons. The lowest BCUT2D eigenvalue weighted by Crippen LogP contribution is -2.52. The number of nitrogens with one attached hydrogen (secondary N) is 2. The van der Waals surface area contributed by atoms with E-state index in [4.69, 9.17) is 0 Å². The fourth-order valence-corrected chi connectivity index (χ4v) is 3.12. The topological polar surface area (TPSA) is 58.2 Å². The third-order valence-electron chi connectivity index (χ3n) is 3.35. The summed E-state index contributed by atoms with van der Waals surface area (Å²) in [5, 5.41) is 5.67. The summed E-state index contributed by atoms with van der Waals surface area (Å²) < 4.78 is 0. The van der Waals surface area contributed by atoms with Crippen molar-refractivity contribution in [3.05, 3.63) is 29.8 Å². The summed E-state index contributed by atoms with van der Waals surface area (Å²) in [6.45, 7) is 9.41. The highest BCUT2D eigenvalue weighted by atomic mass is 32.2. The molecule has 0 saturated carbocycles. The Hall–Kier alpha value is -1.49. The van der Waals surface area contributed by atoms with Crippen molar-refractivity contribution >= 4 is 23.6 Å². The fourth-order valence-electron chi connectivity index (χ4n) is 2.20. The number of hydrogen-bond donors (Lipinski definition) is 2. The van der Waals surface area contributed by atoms with Crippen molar-refractivity contribution in [2.45, 2.75) is 70.4 Å². The van der Waals surface area contributed by atoms with Crippen LogP contribution in [0.25, 0.3) is 0 Å². The van der Waals surface area contributed by atoms with Gasteiger partial charge in [0.2, 0.25) is 11.8 Å². The maximum absolute atomic E-state index is 12.3. The van der Waals surface area contributed by atoms with Crippen LogP contribution in [0.1, 0.15) is 53.0 Å². The number of thioether (sulfide) groups is 1. The van der Waals surface area contributed by atoms with Gasteiger partial charge in [0.05, 0.1) is 0 Å². The summed E-state index contributed by atoms with van der Waals surface area (Å²) >= 11 is 1.58. The molecule has 0 heterocycles. The molecule has 5 heteroatoms. The van der Waals surface area contributed by atoms with Crippen LogP contribution in [-0.4, -0.2) is 29.1 Å². The first-order valence-corrected chi connectivity index (χ1v) is 9.50. The van der Waals surface area contributed by atoms with E-state index < -0.39 is 6.04 Å². The summed E-state index contributed by atoms with van der Waals surface area (Å²) in [5.41, 5.74) is 1.02. The van der Waals surface area contributed by atoms with Crippen LogP contribution >= 0.6 is 11.8 Å². The summed E-state index contributed by atoms with van der Waals surface area (Å²) in [4.78, 5) is 24.8. The number of aryl methyl sites for hydroxylation is 1. The van der Waals surface area contributed by atoms with E-state index in [1.165, 1.54) is 25.3 Å². The normalized spacial score (nSPS) is 12.5. The molecular weight excluding hydrogens is 320 g/mol. The van der Waals surface area contributed by atoms with Crippen LogP contribution in [0, 0.1) is 0 Å². The Kier molecular flexibility index (Phi) is 8.32. The minimum atomic E-state index is -0.536. The molecule has 1 atom stereocenters. The molecular formula is C19H30N2O2S. The molecule has 4 nitrogen and oxygen atoms in total. The zero-order chi connectivity index (χ0) is 18.2. The van der Waals surface area contributed by atoms with Crippen molar-refractivity contribution in [2.75, 3.05) is 5.75 Å². The Labute approximate surface area is 150 Å². The van der Waals surface area contributed by atoms with Gasteiger partial charge >= 0.3 is 0 Å². The number of carbonyl (C=O) groups is 2. The zero-order valence-electron chi connectivity index (χ0n) is 15.4. The van der Waals surface area contributed by atoms with E-state index in [1.807, 2.05) is 20.8 Å². The molecule has 0 aliphatic rings. The minimum absolute atomic E-state index is 0.148. The second-order valence-electron chi connectivity index (χ2n) is 7.05. The lowest BCUT2D eigenvalue weighted by Gasteiger charge is -2.25. The van der Waals surface area contributed by atoms with Crippen molar-refractivity contribution in [1.82, 2.24) is 10.6 Å². The smallest absolute Gasteiger partial charge is 0.243 e. The van der Waals surface area contributed by atoms with E-state index in [1.54, 1.807) is 11.8 Å². The SMILES string of the molecule is CCCCc1ccc(SCC(NC(C)=O)C(=O)NC(C)(C)C)cc1. The maximum Gasteiger partial charge on any atom is 0.243 e. The highest BCUT2D eigenvalue weighted by molar-refractivity contribution is 7.99. The summed E-state index contributed by atoms with van der Waals surface area (Å²) in [6, 6.07) is 7.91. The summed E-state index contributed by atoms with van der Waals surface area (Å²) in [7, 11) is 0. The Morgan fingerprint density at radius 3 is 2.29 bits per heavy atom. The van der Waals surface area contributed by atoms with Crippen LogP contribution in [0.2, 0.25) is 0 Å². The molecule has 0 aromatic heterocycles. The Balaban J connectivity index is 2.63. The van der Waals surface area contributed by atoms with Gasteiger partial charge in [-0.25, -0.2) is 0 Å². The zero-order valence-corrected chi connectivity index (χ0v) is 16.3. The monoisotopic (exact) mass is 350 g/mol. The molecule has 2 amide bonds. The molecule has 0 fully saturated rings. The largest absolute Gasteiger partial charge is 0.350 e. The average Bonchev–Trinajstić information content (AvgIpc) is 2.48. The Bertz CT molecular complexity index is 535. The molecule has 1 unspecified atom stereocenters. The molecule has 24 heavy (non-hydrogen) atoms. The standard InChI is InChI=1S/C19H30N2O2S/c1-6-7-8-15-9-11-16(12-10-15)24-13-17(20-14(2)22)18(23)21-19(3,4)5/h9-12,17H,6-8,13H2,1-5H3,(H,20,22)(H,21,23). The molecule has 2 N–H and O–H groups in total. The fraction of sp³-hybridized carbons (Fsp3) is 0.579. The molecule has 0 aliphatic carbocycles. The van der Waals surface area contributed by atoms with Gasteiger partial charge in [-0.1, -0.05) is 25.5 Å². The van der Waals surface area contributed by atoms with Crippen LogP contribution in [0.3, 0.4) is 0 Å². The first-order valence-electron chi connectivity index (χ1n) is 8.52. The highest BCUT2D eigenvalue weighted by Crippen LogP contribution is 2.20. The van der Waals surface area contributed by atoms with Crippen LogP contribution in [0.15, 0.2) is 29.2 Å². The Morgan fingerprint density at radius 2 is 1.79 bits per heavy atom. The second kappa shape index (κ2) is 9.72. The van der Waals surface area contributed by atoms with Gasteiger partial charge in [0.25, 0.3) is 0 Å². The molecule has 1 aromatic rings. The van der Waals surface area contributed by atoms with Gasteiger partial charge in [-0.05, 0) is 51.3 Å². The van der Waals surface area contributed by atoms with Crippen LogP contribution in [-0.2, 0) is 16.0 Å². The van der Waals surface area contributed by atoms with Crippen molar-refractivity contribution in [1.29, 1.82) is 0 Å². The maximum atomic E-state index is 12.3. The third kappa shape index (κ3) is 8.39. The number of rotatable bonds is 8. The lowest BCUT2D eigenvalue weighted by atomic mass is 10.1. The van der Waals surface area contributed by atoms with E-state index in [2.05, 4.69) is 41.8 Å². The molecule has 1 aromatic carbocycles. The third-order valence-corrected chi connectivity index (χ3v) is 4.46. The van der Waals surface area contributed by atoms with E-state index in [0.717, 1.165) is 11.3 Å². The van der Waals surface area contributed by atoms with E-state index in [-0.39, 0.29) is 17.4 Å². The van der Waals surface area contributed by atoms with E-state index in [0.29, 0.717) is 5.75 Å². The predicted molar refractivity (Wildman–Crippen MR) is 101 cm³/mol. The first-order chi connectivity index (χ1) is 11.2. The first kappa shape index (κ1) is 20.6. The summed E-state index contributed by atoms with van der Waals surface area (Å²) in [5.74, 6) is 0.167. The van der Waals surface area contributed by atoms with E-state index >= 15 is 0 Å². The van der Waals surface area contributed by atoms with Crippen molar-refractivity contribution in [3.8, 4) is 0 Å². The van der Waals surface area contributed by atoms with Crippen LogP contribution in [0.4, 0.5) is 0 Å². The quantitative estimate of drug-likeness (QED) is 0.705. The van der Waals surface area contributed by atoms with Crippen LogP contribution < -0.4 is 10.6 Å². The Morgan fingerprint density at radius 1 is 1.17 bits per heavy atom. The van der Waals surface area contributed by atoms with Gasteiger partial charge in [0.1, 0.15) is 6.04 Å². The number of carbonyl (C=O) groups excluding carboxylic acids is 2. The average molecular weight is 351 g/mol. The van der Waals surface area contributed by atoms with Gasteiger partial charge in [-0.2, -0.15) is 0 Å². The number of benzene rings is 1. The molecule has 0 bridgehead atoms. The summed E-state index contributed by atoms with van der Waals surface area (Å²) in [6.07, 6.45) is 3.49. The highest BCUT2D eigenvalue weighted by Gasteiger charge is 2.23. The van der Waals surface area contributed by atoms with Crippen molar-refractivity contribution in [3.63, 3.8) is 0 Å². The number of amides is 2. The van der Waals surface area contributed by atoms with Crippen molar-refractivity contribution in [2.24, 2.45) is 0 Å². The number of unbranched alkanes of at least 4 members (excludes halogenated alkanes) is 1.